The summed E-state index contributed by atoms with van der Waals surface area (Å²) in [5, 5.41) is 10.8. The first-order chi connectivity index (χ1) is 9.52. The Morgan fingerprint density at radius 2 is 2.00 bits per heavy atom. The van der Waals surface area contributed by atoms with Gasteiger partial charge in [0.15, 0.2) is 0 Å². The van der Waals surface area contributed by atoms with Crippen LogP contribution in [-0.2, 0) is 6.42 Å². The average Bonchev–Trinajstić information content (AvgIpc) is 2.43. The first-order valence-corrected chi connectivity index (χ1v) is 6.73. The van der Waals surface area contributed by atoms with Crippen LogP contribution >= 0.6 is 23.2 Å². The Morgan fingerprint density at radius 1 is 1.25 bits per heavy atom. The van der Waals surface area contributed by atoms with Gasteiger partial charge in [0.2, 0.25) is 0 Å². The van der Waals surface area contributed by atoms with Gasteiger partial charge in [-0.15, -0.1) is 0 Å². The third-order valence-corrected chi connectivity index (χ3v) is 3.66. The van der Waals surface area contributed by atoms with Crippen molar-refractivity contribution >= 4 is 23.2 Å². The molecule has 2 aromatic carbocycles. The molecule has 5 heteroatoms. The zero-order chi connectivity index (χ0) is 14.7. The molecular weight excluding hydrogens is 302 g/mol. The molecule has 106 valence electrons. The van der Waals surface area contributed by atoms with E-state index in [0.29, 0.717) is 21.9 Å². The van der Waals surface area contributed by atoms with Crippen molar-refractivity contribution in [2.24, 2.45) is 0 Å². The summed E-state index contributed by atoms with van der Waals surface area (Å²) in [6, 6.07) is 9.47. The van der Waals surface area contributed by atoms with E-state index < -0.39 is 11.9 Å². The van der Waals surface area contributed by atoms with Gasteiger partial charge < -0.3 is 9.84 Å². The highest BCUT2D eigenvalue weighted by molar-refractivity contribution is 6.31. The molecule has 2 nitrogen and oxygen atoms in total. The summed E-state index contributed by atoms with van der Waals surface area (Å²) in [6.07, 6.45) is -0.671. The fraction of sp³-hybridized carbons (Fsp3) is 0.200. The molecule has 1 unspecified atom stereocenters. The average molecular weight is 315 g/mol. The Labute approximate surface area is 126 Å². The lowest BCUT2D eigenvalue weighted by molar-refractivity contribution is 0.174. The summed E-state index contributed by atoms with van der Waals surface area (Å²) >= 11 is 11.8. The van der Waals surface area contributed by atoms with E-state index in [1.807, 2.05) is 0 Å². The van der Waals surface area contributed by atoms with Gasteiger partial charge in [0.1, 0.15) is 11.6 Å². The van der Waals surface area contributed by atoms with Gasteiger partial charge in [0, 0.05) is 17.0 Å². The molecule has 2 aromatic rings. The Kier molecular flexibility index (Phi) is 4.86. The van der Waals surface area contributed by atoms with Crippen LogP contribution in [0.2, 0.25) is 10.0 Å². The van der Waals surface area contributed by atoms with Gasteiger partial charge in [-0.2, -0.15) is 0 Å². The highest BCUT2D eigenvalue weighted by Crippen LogP contribution is 2.32. The van der Waals surface area contributed by atoms with E-state index in [-0.39, 0.29) is 11.4 Å². The van der Waals surface area contributed by atoms with E-state index in [0.717, 1.165) is 0 Å². The molecule has 0 aromatic heterocycles. The van der Waals surface area contributed by atoms with Gasteiger partial charge in [0.25, 0.3) is 0 Å². The van der Waals surface area contributed by atoms with Gasteiger partial charge in [-0.3, -0.25) is 0 Å². The molecule has 0 spiro atoms. The number of hydrogen-bond acceptors (Lipinski definition) is 2. The van der Waals surface area contributed by atoms with Crippen LogP contribution in [0.4, 0.5) is 4.39 Å². The maximum atomic E-state index is 13.4. The van der Waals surface area contributed by atoms with Crippen LogP contribution in [0.15, 0.2) is 36.4 Å². The summed E-state index contributed by atoms with van der Waals surface area (Å²) in [6.45, 7) is 0. The van der Waals surface area contributed by atoms with Crippen molar-refractivity contribution < 1.29 is 14.2 Å². The fourth-order valence-electron chi connectivity index (χ4n) is 1.98. The summed E-state index contributed by atoms with van der Waals surface area (Å²) in [5.41, 5.74) is 1.12. The predicted octanol–water partition coefficient (Wildman–Crippen LogP) is 4.42. The molecule has 20 heavy (non-hydrogen) atoms. The Morgan fingerprint density at radius 3 is 2.70 bits per heavy atom. The van der Waals surface area contributed by atoms with E-state index in [1.54, 1.807) is 30.3 Å². The minimum atomic E-state index is -0.860. The molecule has 2 rings (SSSR count). The first kappa shape index (κ1) is 15.1. The maximum absolute atomic E-state index is 13.4. The number of aliphatic hydroxyl groups is 1. The number of methoxy groups -OCH3 is 1. The van der Waals surface area contributed by atoms with Gasteiger partial charge in [-0.25, -0.2) is 4.39 Å². The lowest BCUT2D eigenvalue weighted by Gasteiger charge is -2.16. The van der Waals surface area contributed by atoms with Crippen molar-refractivity contribution in [3.8, 4) is 5.75 Å². The number of rotatable bonds is 4. The van der Waals surface area contributed by atoms with Crippen LogP contribution in [0, 0.1) is 5.82 Å². The van der Waals surface area contributed by atoms with E-state index in [1.165, 1.54) is 13.2 Å². The molecule has 0 radical (unpaired) electrons. The number of aliphatic hydroxyl groups excluding tert-OH is 1. The third kappa shape index (κ3) is 3.23. The highest BCUT2D eigenvalue weighted by Gasteiger charge is 2.16. The lowest BCUT2D eigenvalue weighted by atomic mass is 10.0. The van der Waals surface area contributed by atoms with Crippen LogP contribution in [-0.4, -0.2) is 12.2 Å². The molecule has 0 amide bonds. The van der Waals surface area contributed by atoms with Crippen LogP contribution < -0.4 is 4.74 Å². The number of halogens is 3. The standard InChI is InChI=1S/C15H13Cl2FO2/c1-20-14-8-10(16)5-6-11(14)13(19)7-9-3-2-4-12(18)15(9)17/h2-6,8,13,19H,7H2,1H3. The third-order valence-electron chi connectivity index (χ3n) is 3.00. The normalized spacial score (nSPS) is 12.2. The van der Waals surface area contributed by atoms with Crippen LogP contribution in [0.25, 0.3) is 0 Å². The Hall–Kier alpha value is -1.29. The molecule has 0 bridgehead atoms. The van der Waals surface area contributed by atoms with E-state index in [2.05, 4.69) is 0 Å². The molecule has 0 saturated carbocycles. The minimum Gasteiger partial charge on any atom is -0.496 e. The van der Waals surface area contributed by atoms with Crippen molar-refractivity contribution in [2.45, 2.75) is 12.5 Å². The van der Waals surface area contributed by atoms with Gasteiger partial charge in [-0.1, -0.05) is 41.4 Å². The monoisotopic (exact) mass is 314 g/mol. The van der Waals surface area contributed by atoms with E-state index in [9.17, 15) is 9.50 Å². The number of benzene rings is 2. The van der Waals surface area contributed by atoms with Crippen molar-refractivity contribution in [1.29, 1.82) is 0 Å². The van der Waals surface area contributed by atoms with Gasteiger partial charge >= 0.3 is 0 Å². The van der Waals surface area contributed by atoms with Crippen molar-refractivity contribution in [3.05, 3.63) is 63.4 Å². The molecule has 1 N–H and O–H groups in total. The minimum absolute atomic E-state index is 0.0273. The molecular formula is C15H13Cl2FO2. The van der Waals surface area contributed by atoms with Gasteiger partial charge in [-0.05, 0) is 23.8 Å². The molecule has 0 heterocycles. The van der Waals surface area contributed by atoms with Crippen molar-refractivity contribution in [3.63, 3.8) is 0 Å². The summed E-state index contributed by atoms with van der Waals surface area (Å²) in [4.78, 5) is 0. The van der Waals surface area contributed by atoms with Gasteiger partial charge in [0.05, 0.1) is 18.2 Å². The maximum Gasteiger partial charge on any atom is 0.142 e. The van der Waals surface area contributed by atoms with Crippen molar-refractivity contribution in [1.82, 2.24) is 0 Å². The molecule has 1 atom stereocenters. The zero-order valence-electron chi connectivity index (χ0n) is 10.7. The highest BCUT2D eigenvalue weighted by atomic mass is 35.5. The summed E-state index contributed by atoms with van der Waals surface area (Å²) in [7, 11) is 1.50. The van der Waals surface area contributed by atoms with Crippen LogP contribution in [0.5, 0.6) is 5.75 Å². The first-order valence-electron chi connectivity index (χ1n) is 5.97. The smallest absolute Gasteiger partial charge is 0.142 e. The molecule has 0 aliphatic heterocycles. The summed E-state index contributed by atoms with van der Waals surface area (Å²) < 4.78 is 18.6. The second kappa shape index (κ2) is 6.44. The fourth-order valence-corrected chi connectivity index (χ4v) is 2.35. The van der Waals surface area contributed by atoms with Crippen LogP contribution in [0.1, 0.15) is 17.2 Å². The second-order valence-electron chi connectivity index (χ2n) is 4.32. The Balaban J connectivity index is 2.28. The SMILES string of the molecule is COc1cc(Cl)ccc1C(O)Cc1cccc(F)c1Cl. The van der Waals surface area contributed by atoms with E-state index >= 15 is 0 Å². The molecule has 0 saturated heterocycles. The predicted molar refractivity (Wildman–Crippen MR) is 78.1 cm³/mol. The Bertz CT molecular complexity index is 617. The largest absolute Gasteiger partial charge is 0.496 e. The zero-order valence-corrected chi connectivity index (χ0v) is 12.2. The topological polar surface area (TPSA) is 29.5 Å². The van der Waals surface area contributed by atoms with Crippen molar-refractivity contribution in [2.75, 3.05) is 7.11 Å². The number of ether oxygens (including phenoxy) is 1. The van der Waals surface area contributed by atoms with Crippen LogP contribution in [0.3, 0.4) is 0 Å². The van der Waals surface area contributed by atoms with E-state index in [4.69, 9.17) is 27.9 Å². The molecule has 0 fully saturated rings. The molecule has 0 aliphatic rings. The quantitative estimate of drug-likeness (QED) is 0.905. The number of hydrogen-bond donors (Lipinski definition) is 1. The molecule has 0 aliphatic carbocycles. The summed E-state index contributed by atoms with van der Waals surface area (Å²) in [5.74, 6) is -0.0167. The second-order valence-corrected chi connectivity index (χ2v) is 5.13. The lowest BCUT2D eigenvalue weighted by Crippen LogP contribution is -2.05.